The Hall–Kier alpha value is -1.10. The lowest BCUT2D eigenvalue weighted by Gasteiger charge is -2.19. The molecule has 0 aromatic rings. The number of carboxylic acids is 1. The second kappa shape index (κ2) is 5.59. The largest absolute Gasteiger partial charge is 0.480 e. The summed E-state index contributed by atoms with van der Waals surface area (Å²) in [7, 11) is 1.46. The van der Waals surface area contributed by atoms with Crippen LogP contribution >= 0.6 is 0 Å². The molecule has 0 aromatic carbocycles. The Balaban J connectivity index is 4.01. The molecule has 82 valence electrons. The number of likely N-dealkylation sites (N-methyl/N-ethyl adjacent to an activating group) is 1. The van der Waals surface area contributed by atoms with Crippen molar-refractivity contribution in [3.8, 4) is 0 Å². The summed E-state index contributed by atoms with van der Waals surface area (Å²) in [6.45, 7) is 3.58. The van der Waals surface area contributed by atoms with Crippen molar-refractivity contribution in [2.45, 2.75) is 26.3 Å². The van der Waals surface area contributed by atoms with Crippen molar-refractivity contribution in [3.63, 3.8) is 0 Å². The highest BCUT2D eigenvalue weighted by atomic mass is 16.4. The van der Waals surface area contributed by atoms with Crippen LogP contribution < -0.4 is 5.73 Å². The van der Waals surface area contributed by atoms with E-state index in [2.05, 4.69) is 0 Å². The van der Waals surface area contributed by atoms with Gasteiger partial charge in [-0.15, -0.1) is 0 Å². The lowest BCUT2D eigenvalue weighted by atomic mass is 10.0. The number of nitrogens with two attached hydrogens (primary N) is 1. The van der Waals surface area contributed by atoms with E-state index in [1.165, 1.54) is 11.9 Å². The number of hydrogen-bond acceptors (Lipinski definition) is 3. The number of hydrogen-bond donors (Lipinski definition) is 2. The van der Waals surface area contributed by atoms with Crippen molar-refractivity contribution >= 4 is 11.9 Å². The van der Waals surface area contributed by atoms with Gasteiger partial charge in [-0.3, -0.25) is 9.59 Å². The molecule has 14 heavy (non-hydrogen) atoms. The van der Waals surface area contributed by atoms with Crippen LogP contribution in [0.15, 0.2) is 0 Å². The van der Waals surface area contributed by atoms with E-state index in [1.54, 1.807) is 0 Å². The molecule has 1 amide bonds. The normalized spacial score (nSPS) is 12.6. The van der Waals surface area contributed by atoms with E-state index in [4.69, 9.17) is 10.8 Å². The summed E-state index contributed by atoms with van der Waals surface area (Å²) in [6.07, 6.45) is 0.196. The van der Waals surface area contributed by atoms with Gasteiger partial charge in [0.2, 0.25) is 5.91 Å². The number of nitrogens with zero attached hydrogens (tertiary/aromatic N) is 1. The van der Waals surface area contributed by atoms with Gasteiger partial charge < -0.3 is 15.7 Å². The Labute approximate surface area is 83.9 Å². The van der Waals surface area contributed by atoms with E-state index in [0.717, 1.165) is 0 Å². The quantitative estimate of drug-likeness (QED) is 0.652. The summed E-state index contributed by atoms with van der Waals surface area (Å²) < 4.78 is 0. The molecule has 0 heterocycles. The Morgan fingerprint density at radius 3 is 2.29 bits per heavy atom. The van der Waals surface area contributed by atoms with E-state index in [1.807, 2.05) is 13.8 Å². The molecule has 0 radical (unpaired) electrons. The standard InChI is InChI=1S/C9H18N2O3/c1-6(2)7(10)4-8(12)11(3)5-9(13)14/h6-7H,4-5,10H2,1-3H3,(H,13,14). The topological polar surface area (TPSA) is 83.6 Å². The fourth-order valence-electron chi connectivity index (χ4n) is 0.884. The van der Waals surface area contributed by atoms with Crippen molar-refractivity contribution in [2.75, 3.05) is 13.6 Å². The van der Waals surface area contributed by atoms with Crippen LogP contribution in [0.4, 0.5) is 0 Å². The van der Waals surface area contributed by atoms with Crippen LogP contribution in [-0.4, -0.2) is 41.5 Å². The minimum absolute atomic E-state index is 0.196. The van der Waals surface area contributed by atoms with Crippen molar-refractivity contribution < 1.29 is 14.7 Å². The van der Waals surface area contributed by atoms with Gasteiger partial charge in [0, 0.05) is 19.5 Å². The second-order valence-corrected chi connectivity index (χ2v) is 3.76. The predicted molar refractivity (Wildman–Crippen MR) is 52.7 cm³/mol. The highest BCUT2D eigenvalue weighted by Crippen LogP contribution is 2.04. The lowest BCUT2D eigenvalue weighted by molar-refractivity contribution is -0.143. The number of carbonyl (C=O) groups excluding carboxylic acids is 1. The molecule has 1 atom stereocenters. The van der Waals surface area contributed by atoms with Gasteiger partial charge in [-0.1, -0.05) is 13.8 Å². The van der Waals surface area contributed by atoms with Gasteiger partial charge in [-0.2, -0.15) is 0 Å². The van der Waals surface area contributed by atoms with Crippen LogP contribution in [0.1, 0.15) is 20.3 Å². The fourth-order valence-corrected chi connectivity index (χ4v) is 0.884. The summed E-state index contributed by atoms with van der Waals surface area (Å²) in [5.41, 5.74) is 5.69. The molecule has 0 spiro atoms. The van der Waals surface area contributed by atoms with Crippen molar-refractivity contribution in [3.05, 3.63) is 0 Å². The number of rotatable bonds is 5. The Morgan fingerprint density at radius 2 is 1.93 bits per heavy atom. The van der Waals surface area contributed by atoms with Crippen molar-refractivity contribution in [1.82, 2.24) is 4.90 Å². The highest BCUT2D eigenvalue weighted by molar-refractivity contribution is 5.81. The Kier molecular flexibility index (Phi) is 5.15. The smallest absolute Gasteiger partial charge is 0.323 e. The third-order valence-electron chi connectivity index (χ3n) is 2.06. The molecule has 1 unspecified atom stereocenters. The number of carboxylic acid groups (broad SMARTS) is 1. The zero-order valence-corrected chi connectivity index (χ0v) is 8.86. The Bertz CT molecular complexity index is 216. The first-order valence-electron chi connectivity index (χ1n) is 4.56. The van der Waals surface area contributed by atoms with E-state index >= 15 is 0 Å². The van der Waals surface area contributed by atoms with Crippen molar-refractivity contribution in [2.24, 2.45) is 11.7 Å². The molecule has 0 fully saturated rings. The second-order valence-electron chi connectivity index (χ2n) is 3.76. The monoisotopic (exact) mass is 202 g/mol. The molecule has 0 rings (SSSR count). The molecular weight excluding hydrogens is 184 g/mol. The van der Waals surface area contributed by atoms with E-state index in [0.29, 0.717) is 0 Å². The van der Waals surface area contributed by atoms with Crippen LogP contribution in [0.2, 0.25) is 0 Å². The van der Waals surface area contributed by atoms with Gasteiger partial charge in [0.25, 0.3) is 0 Å². The average molecular weight is 202 g/mol. The van der Waals surface area contributed by atoms with Gasteiger partial charge in [0.1, 0.15) is 6.54 Å². The highest BCUT2D eigenvalue weighted by Gasteiger charge is 2.17. The molecular formula is C9H18N2O3. The van der Waals surface area contributed by atoms with Crippen LogP contribution in [0.25, 0.3) is 0 Å². The first-order valence-corrected chi connectivity index (χ1v) is 4.56. The Morgan fingerprint density at radius 1 is 1.43 bits per heavy atom. The zero-order chi connectivity index (χ0) is 11.3. The van der Waals surface area contributed by atoms with Gasteiger partial charge in [0.05, 0.1) is 0 Å². The minimum atomic E-state index is -1.01. The third kappa shape index (κ3) is 4.81. The molecule has 0 bridgehead atoms. The van der Waals surface area contributed by atoms with Crippen molar-refractivity contribution in [1.29, 1.82) is 0 Å². The summed E-state index contributed by atoms with van der Waals surface area (Å²) in [5, 5.41) is 8.45. The first kappa shape index (κ1) is 12.9. The van der Waals surface area contributed by atoms with Crippen LogP contribution in [0.3, 0.4) is 0 Å². The summed E-state index contributed by atoms with van der Waals surface area (Å²) in [5.74, 6) is -1.02. The first-order chi connectivity index (χ1) is 6.34. The number of aliphatic carboxylic acids is 1. The van der Waals surface area contributed by atoms with E-state index in [-0.39, 0.29) is 30.8 Å². The SMILES string of the molecule is CC(C)C(N)CC(=O)N(C)CC(=O)O. The molecule has 5 heteroatoms. The molecule has 0 aliphatic rings. The fraction of sp³-hybridized carbons (Fsp3) is 0.778. The van der Waals surface area contributed by atoms with Crippen LogP contribution in [0.5, 0.6) is 0 Å². The lowest BCUT2D eigenvalue weighted by Crippen LogP contribution is -2.38. The average Bonchev–Trinajstić information content (AvgIpc) is 2.02. The summed E-state index contributed by atoms with van der Waals surface area (Å²) in [6, 6.07) is -0.209. The number of carbonyl (C=O) groups is 2. The summed E-state index contributed by atoms with van der Waals surface area (Å²) in [4.78, 5) is 22.9. The molecule has 3 N–H and O–H groups in total. The maximum absolute atomic E-state index is 11.4. The zero-order valence-electron chi connectivity index (χ0n) is 8.86. The number of amides is 1. The predicted octanol–water partition coefficient (Wildman–Crippen LogP) is -0.0972. The van der Waals surface area contributed by atoms with E-state index < -0.39 is 5.97 Å². The van der Waals surface area contributed by atoms with Gasteiger partial charge in [0.15, 0.2) is 0 Å². The van der Waals surface area contributed by atoms with Gasteiger partial charge in [-0.05, 0) is 5.92 Å². The van der Waals surface area contributed by atoms with E-state index in [9.17, 15) is 9.59 Å². The third-order valence-corrected chi connectivity index (χ3v) is 2.06. The molecule has 0 aromatic heterocycles. The van der Waals surface area contributed by atoms with Crippen LogP contribution in [0, 0.1) is 5.92 Å². The molecule has 0 saturated carbocycles. The van der Waals surface area contributed by atoms with Gasteiger partial charge in [-0.25, -0.2) is 0 Å². The van der Waals surface area contributed by atoms with Gasteiger partial charge >= 0.3 is 5.97 Å². The summed E-state index contributed by atoms with van der Waals surface area (Å²) >= 11 is 0. The molecule has 0 aliphatic heterocycles. The molecule has 0 aliphatic carbocycles. The maximum atomic E-state index is 11.4. The minimum Gasteiger partial charge on any atom is -0.480 e. The maximum Gasteiger partial charge on any atom is 0.323 e. The molecule has 5 nitrogen and oxygen atoms in total. The molecule has 0 saturated heterocycles. The van der Waals surface area contributed by atoms with Crippen LogP contribution in [-0.2, 0) is 9.59 Å².